The number of ether oxygens (including phenoxy) is 1. The molecule has 0 spiro atoms. The summed E-state index contributed by atoms with van der Waals surface area (Å²) in [5, 5.41) is 3.56. The van der Waals surface area contributed by atoms with E-state index in [1.54, 1.807) is 6.92 Å². The molecule has 6 heteroatoms. The first-order valence-electron chi connectivity index (χ1n) is 7.13. The van der Waals surface area contributed by atoms with E-state index in [1.807, 2.05) is 0 Å². The minimum absolute atomic E-state index is 0.171. The first kappa shape index (κ1) is 18.9. The zero-order valence-corrected chi connectivity index (χ0v) is 13.1. The molecule has 0 bridgehead atoms. The molecule has 20 heavy (non-hydrogen) atoms. The third-order valence-corrected chi connectivity index (χ3v) is 2.84. The molecule has 0 aliphatic rings. The molecule has 0 radical (unpaired) electrons. The number of oxime groups is 1. The minimum Gasteiger partial charge on any atom is -0.461 e. The van der Waals surface area contributed by atoms with Crippen molar-refractivity contribution in [1.29, 1.82) is 0 Å². The van der Waals surface area contributed by atoms with E-state index in [1.165, 1.54) is 19.3 Å². The summed E-state index contributed by atoms with van der Waals surface area (Å²) in [5.41, 5.74) is -0.368. The van der Waals surface area contributed by atoms with Crippen LogP contribution in [0, 0.1) is 0 Å². The second-order valence-electron chi connectivity index (χ2n) is 4.32. The highest BCUT2D eigenvalue weighted by Crippen LogP contribution is 2.05. The van der Waals surface area contributed by atoms with Crippen LogP contribution in [0.25, 0.3) is 0 Å². The van der Waals surface area contributed by atoms with Gasteiger partial charge >= 0.3 is 5.97 Å². The minimum atomic E-state index is -0.791. The van der Waals surface area contributed by atoms with Gasteiger partial charge in [0, 0.05) is 0 Å². The van der Waals surface area contributed by atoms with Gasteiger partial charge < -0.3 is 9.57 Å². The maximum absolute atomic E-state index is 11.5. The summed E-state index contributed by atoms with van der Waals surface area (Å²) in [6, 6.07) is 0. The second kappa shape index (κ2) is 12.9. The number of carbonyl (C=O) groups is 2. The normalized spacial score (nSPS) is 11.2. The quantitative estimate of drug-likeness (QED) is 0.139. The maximum atomic E-state index is 11.5. The van der Waals surface area contributed by atoms with E-state index in [0.717, 1.165) is 19.3 Å². The molecule has 0 aromatic carbocycles. The van der Waals surface area contributed by atoms with Crippen LogP contribution in [-0.2, 0) is 19.2 Å². The van der Waals surface area contributed by atoms with Crippen molar-refractivity contribution in [3.63, 3.8) is 0 Å². The molecule has 0 aliphatic carbocycles. The molecule has 0 amide bonds. The predicted octanol–water partition coefficient (Wildman–Crippen LogP) is 3.09. The zero-order chi connectivity index (χ0) is 15.2. The van der Waals surface area contributed by atoms with Crippen LogP contribution in [0.5, 0.6) is 0 Å². The van der Waals surface area contributed by atoms with Crippen molar-refractivity contribution >= 4 is 29.1 Å². The Labute approximate surface area is 125 Å². The van der Waals surface area contributed by atoms with E-state index in [9.17, 15) is 9.59 Å². The lowest BCUT2D eigenvalue weighted by Gasteiger charge is -2.04. The van der Waals surface area contributed by atoms with Gasteiger partial charge in [0.15, 0.2) is 0 Å². The molecule has 0 fully saturated rings. The number of carbonyl (C=O) groups excluding carboxylic acids is 2. The van der Waals surface area contributed by atoms with Gasteiger partial charge in [-0.05, 0) is 19.8 Å². The Balaban J connectivity index is 4.02. The number of Topliss-reactive ketones (excluding diaryl/α,β-unsaturated/α-hetero) is 1. The molecular formula is C14H24ClNO4. The van der Waals surface area contributed by atoms with E-state index in [-0.39, 0.29) is 18.2 Å². The average Bonchev–Trinajstić information content (AvgIpc) is 2.45. The molecule has 0 aliphatic heterocycles. The van der Waals surface area contributed by atoms with Gasteiger partial charge in [-0.1, -0.05) is 37.8 Å². The van der Waals surface area contributed by atoms with E-state index in [0.29, 0.717) is 6.61 Å². The van der Waals surface area contributed by atoms with Gasteiger partial charge in [-0.25, -0.2) is 4.79 Å². The fourth-order valence-electron chi connectivity index (χ4n) is 1.52. The smallest absolute Gasteiger partial charge is 0.364 e. The molecule has 0 saturated carbocycles. The largest absolute Gasteiger partial charge is 0.461 e. The van der Waals surface area contributed by atoms with Crippen LogP contribution in [-0.4, -0.2) is 36.6 Å². The van der Waals surface area contributed by atoms with Gasteiger partial charge in [0.25, 0.3) is 0 Å². The molecule has 0 rings (SSSR count). The first-order chi connectivity index (χ1) is 9.67. The summed E-state index contributed by atoms with van der Waals surface area (Å²) in [6.07, 6.45) is 6.73. The molecule has 116 valence electrons. The summed E-state index contributed by atoms with van der Waals surface area (Å²) in [7, 11) is 0. The molecule has 0 aromatic rings. The number of halogens is 1. The Bertz CT molecular complexity index is 318. The second-order valence-corrected chi connectivity index (χ2v) is 4.59. The van der Waals surface area contributed by atoms with E-state index in [4.69, 9.17) is 21.2 Å². The van der Waals surface area contributed by atoms with Gasteiger partial charge in [0.2, 0.25) is 11.5 Å². The van der Waals surface area contributed by atoms with Gasteiger partial charge in [-0.15, -0.1) is 11.6 Å². The topological polar surface area (TPSA) is 65.0 Å². The zero-order valence-electron chi connectivity index (χ0n) is 12.3. The van der Waals surface area contributed by atoms with Crippen molar-refractivity contribution in [2.45, 2.75) is 52.4 Å². The standard InChI is InChI=1S/C14H24ClNO4/c1-3-5-6-7-8-9-10-20-16-13(12(17)11-15)14(18)19-4-2/h3-11H2,1-2H3. The van der Waals surface area contributed by atoms with Crippen LogP contribution in [0.15, 0.2) is 5.16 Å². The number of rotatable bonds is 12. The SMILES string of the molecule is CCCCCCCCON=C(C(=O)CCl)C(=O)OCC. The number of unbranched alkanes of at least 4 members (excludes halogenated alkanes) is 5. The van der Waals surface area contributed by atoms with Gasteiger partial charge in [0.05, 0.1) is 12.5 Å². The Kier molecular flexibility index (Phi) is 12.2. The summed E-state index contributed by atoms with van der Waals surface area (Å²) < 4.78 is 4.72. The number of nitrogens with zero attached hydrogens (tertiary/aromatic N) is 1. The lowest BCUT2D eigenvalue weighted by atomic mass is 10.1. The van der Waals surface area contributed by atoms with E-state index < -0.39 is 11.8 Å². The fourth-order valence-corrected chi connectivity index (χ4v) is 1.65. The number of ketones is 1. The van der Waals surface area contributed by atoms with Crippen molar-refractivity contribution in [3.8, 4) is 0 Å². The molecular weight excluding hydrogens is 282 g/mol. The van der Waals surface area contributed by atoms with Crippen molar-refractivity contribution in [2.24, 2.45) is 5.16 Å². The van der Waals surface area contributed by atoms with Gasteiger partial charge in [-0.3, -0.25) is 4.79 Å². The summed E-state index contributed by atoms with van der Waals surface area (Å²) in [6.45, 7) is 4.37. The Morgan fingerprint density at radius 2 is 1.70 bits per heavy atom. The molecule has 0 atom stereocenters. The highest BCUT2D eigenvalue weighted by atomic mass is 35.5. The van der Waals surface area contributed by atoms with Crippen LogP contribution < -0.4 is 0 Å². The number of hydrogen-bond donors (Lipinski definition) is 0. The lowest BCUT2D eigenvalue weighted by molar-refractivity contribution is -0.135. The van der Waals surface area contributed by atoms with E-state index >= 15 is 0 Å². The first-order valence-corrected chi connectivity index (χ1v) is 7.67. The van der Waals surface area contributed by atoms with E-state index in [2.05, 4.69) is 12.1 Å². The van der Waals surface area contributed by atoms with Crippen LogP contribution in [0.4, 0.5) is 0 Å². The van der Waals surface area contributed by atoms with Crippen LogP contribution >= 0.6 is 11.6 Å². The Morgan fingerprint density at radius 3 is 2.30 bits per heavy atom. The molecule has 0 N–H and O–H groups in total. The third-order valence-electron chi connectivity index (χ3n) is 2.60. The Hall–Kier alpha value is -1.10. The summed E-state index contributed by atoms with van der Waals surface area (Å²) >= 11 is 5.41. The Morgan fingerprint density at radius 1 is 1.05 bits per heavy atom. The molecule has 0 saturated heterocycles. The van der Waals surface area contributed by atoms with Crippen molar-refractivity contribution in [2.75, 3.05) is 19.1 Å². The number of alkyl halides is 1. The van der Waals surface area contributed by atoms with Crippen LogP contribution in [0.2, 0.25) is 0 Å². The third kappa shape index (κ3) is 8.91. The number of hydrogen-bond acceptors (Lipinski definition) is 5. The highest BCUT2D eigenvalue weighted by Gasteiger charge is 2.21. The molecule has 0 heterocycles. The molecule has 0 aromatic heterocycles. The van der Waals surface area contributed by atoms with Gasteiger partial charge in [-0.2, -0.15) is 0 Å². The van der Waals surface area contributed by atoms with Gasteiger partial charge in [0.1, 0.15) is 6.61 Å². The highest BCUT2D eigenvalue weighted by molar-refractivity contribution is 6.67. The fraction of sp³-hybridized carbons (Fsp3) is 0.786. The molecule has 0 unspecified atom stereocenters. The lowest BCUT2D eigenvalue weighted by Crippen LogP contribution is -2.27. The number of esters is 1. The average molecular weight is 306 g/mol. The van der Waals surface area contributed by atoms with Crippen molar-refractivity contribution in [1.82, 2.24) is 0 Å². The summed E-state index contributed by atoms with van der Waals surface area (Å²) in [5.74, 6) is -1.70. The van der Waals surface area contributed by atoms with Crippen molar-refractivity contribution in [3.05, 3.63) is 0 Å². The van der Waals surface area contributed by atoms with Crippen LogP contribution in [0.1, 0.15) is 52.4 Å². The maximum Gasteiger partial charge on any atom is 0.364 e. The predicted molar refractivity (Wildman–Crippen MR) is 79.1 cm³/mol. The molecule has 5 nitrogen and oxygen atoms in total. The van der Waals surface area contributed by atoms with Crippen molar-refractivity contribution < 1.29 is 19.2 Å². The monoisotopic (exact) mass is 305 g/mol. The summed E-state index contributed by atoms with van der Waals surface area (Å²) in [4.78, 5) is 27.9. The van der Waals surface area contributed by atoms with Crippen LogP contribution in [0.3, 0.4) is 0 Å².